The average molecular weight is 315 g/mol. The van der Waals surface area contributed by atoms with Gasteiger partial charge in [0.2, 0.25) is 0 Å². The normalized spacial score (nSPS) is 11.4. The molecule has 0 saturated carbocycles. The van der Waals surface area contributed by atoms with Gasteiger partial charge in [-0.05, 0) is 17.5 Å². The van der Waals surface area contributed by atoms with Gasteiger partial charge in [0.05, 0.1) is 10.7 Å². The number of benzene rings is 2. The molecule has 0 aliphatic rings. The van der Waals surface area contributed by atoms with Crippen molar-refractivity contribution < 1.29 is 5.11 Å². The van der Waals surface area contributed by atoms with Crippen molar-refractivity contribution in [2.24, 2.45) is 0 Å². The summed E-state index contributed by atoms with van der Waals surface area (Å²) >= 11 is 3.50. The van der Waals surface area contributed by atoms with Gasteiger partial charge in [0.25, 0.3) is 0 Å². The highest BCUT2D eigenvalue weighted by Crippen LogP contribution is 2.35. The third kappa shape index (κ3) is 3.06. The Labute approximate surface area is 132 Å². The van der Waals surface area contributed by atoms with Crippen LogP contribution in [0, 0.1) is 0 Å². The quantitative estimate of drug-likeness (QED) is 0.653. The van der Waals surface area contributed by atoms with Crippen LogP contribution in [-0.4, -0.2) is 10.1 Å². The molecule has 0 amide bonds. The Hall–Kier alpha value is -1.52. The van der Waals surface area contributed by atoms with Crippen LogP contribution >= 0.6 is 23.1 Å². The van der Waals surface area contributed by atoms with E-state index in [9.17, 15) is 5.11 Å². The topological polar surface area (TPSA) is 33.1 Å². The molecule has 2 nitrogen and oxygen atoms in total. The first-order valence-electron chi connectivity index (χ1n) is 6.93. The molecule has 0 unspecified atom stereocenters. The lowest BCUT2D eigenvalue weighted by molar-refractivity contribution is 0.481. The van der Waals surface area contributed by atoms with Crippen molar-refractivity contribution in [3.05, 3.63) is 52.5 Å². The van der Waals surface area contributed by atoms with E-state index in [4.69, 9.17) is 0 Å². The summed E-state index contributed by atoms with van der Waals surface area (Å²) in [6.45, 7) is 4.34. The minimum Gasteiger partial charge on any atom is -0.507 e. The highest BCUT2D eigenvalue weighted by Gasteiger charge is 2.08. The predicted octanol–water partition coefficient (Wildman–Crippen LogP) is 5.42. The van der Waals surface area contributed by atoms with Crippen molar-refractivity contribution in [1.29, 1.82) is 0 Å². The number of thioether (sulfide) groups is 1. The Bertz CT molecular complexity index is 764. The summed E-state index contributed by atoms with van der Waals surface area (Å²) in [5.41, 5.74) is 1.13. The summed E-state index contributed by atoms with van der Waals surface area (Å²) in [6.07, 6.45) is 0. The molecule has 0 aliphatic heterocycles. The van der Waals surface area contributed by atoms with E-state index in [1.807, 2.05) is 24.3 Å². The molecule has 0 atom stereocenters. The summed E-state index contributed by atoms with van der Waals surface area (Å²) in [6, 6.07) is 11.7. The van der Waals surface area contributed by atoms with Crippen molar-refractivity contribution in [3.8, 4) is 5.75 Å². The van der Waals surface area contributed by atoms with E-state index in [-0.39, 0.29) is 0 Å². The Morgan fingerprint density at radius 2 is 1.90 bits per heavy atom. The Morgan fingerprint density at radius 3 is 2.62 bits per heavy atom. The third-order valence-corrected chi connectivity index (χ3v) is 5.60. The molecule has 1 N–H and O–H groups in total. The van der Waals surface area contributed by atoms with Crippen LogP contribution in [0.2, 0.25) is 0 Å². The second kappa shape index (κ2) is 6.08. The van der Waals surface area contributed by atoms with E-state index in [1.54, 1.807) is 29.2 Å². The van der Waals surface area contributed by atoms with Crippen molar-refractivity contribution in [1.82, 2.24) is 4.98 Å². The van der Waals surface area contributed by atoms with Crippen molar-refractivity contribution in [2.75, 3.05) is 0 Å². The van der Waals surface area contributed by atoms with Gasteiger partial charge >= 0.3 is 0 Å². The lowest BCUT2D eigenvalue weighted by atomic mass is 10.1. The minimum absolute atomic E-state index is 0.339. The van der Waals surface area contributed by atoms with E-state index in [0.29, 0.717) is 11.7 Å². The Balaban J connectivity index is 1.83. The van der Waals surface area contributed by atoms with Gasteiger partial charge in [0.15, 0.2) is 0 Å². The van der Waals surface area contributed by atoms with Crippen molar-refractivity contribution in [2.45, 2.75) is 30.4 Å². The largest absolute Gasteiger partial charge is 0.507 e. The van der Waals surface area contributed by atoms with Crippen LogP contribution < -0.4 is 0 Å². The van der Waals surface area contributed by atoms with Crippen LogP contribution in [0.5, 0.6) is 5.75 Å². The number of aromatic nitrogens is 1. The van der Waals surface area contributed by atoms with Crippen LogP contribution in [0.25, 0.3) is 10.8 Å². The molecule has 108 valence electrons. The zero-order valence-corrected chi connectivity index (χ0v) is 13.7. The first-order chi connectivity index (χ1) is 10.1. The standard InChI is InChI=1S/C17H17NOS2/c1-11(2)17-18-12(10-21-17)9-20-16-8-7-15(19)13-5-3-4-6-14(13)16/h3-8,10-11,19H,9H2,1-2H3. The first kappa shape index (κ1) is 14.4. The van der Waals surface area contributed by atoms with Crippen LogP contribution in [0.15, 0.2) is 46.7 Å². The molecule has 0 saturated heterocycles. The number of phenolic OH excluding ortho intramolecular Hbond substituents is 1. The lowest BCUT2D eigenvalue weighted by Crippen LogP contribution is -1.87. The molecule has 0 fully saturated rings. The Morgan fingerprint density at radius 1 is 1.14 bits per heavy atom. The second-order valence-electron chi connectivity index (χ2n) is 5.25. The molecular weight excluding hydrogens is 298 g/mol. The molecule has 0 spiro atoms. The third-order valence-electron chi connectivity index (χ3n) is 3.30. The van der Waals surface area contributed by atoms with Crippen LogP contribution in [-0.2, 0) is 5.75 Å². The number of hydrogen-bond donors (Lipinski definition) is 1. The smallest absolute Gasteiger partial charge is 0.123 e. The van der Waals surface area contributed by atoms with E-state index in [0.717, 1.165) is 22.2 Å². The SMILES string of the molecule is CC(C)c1nc(CSc2ccc(O)c3ccccc23)cs1. The van der Waals surface area contributed by atoms with Crippen molar-refractivity contribution in [3.63, 3.8) is 0 Å². The average Bonchev–Trinajstić information content (AvgIpc) is 2.96. The number of aromatic hydroxyl groups is 1. The van der Waals surface area contributed by atoms with E-state index < -0.39 is 0 Å². The number of thiazole rings is 1. The fourth-order valence-electron chi connectivity index (χ4n) is 2.19. The van der Waals surface area contributed by atoms with Gasteiger partial charge < -0.3 is 5.11 Å². The molecule has 0 aliphatic carbocycles. The minimum atomic E-state index is 0.339. The molecule has 3 aromatic rings. The number of rotatable bonds is 4. The maximum absolute atomic E-state index is 9.93. The summed E-state index contributed by atoms with van der Waals surface area (Å²) in [5, 5.41) is 15.3. The zero-order valence-electron chi connectivity index (χ0n) is 12.0. The summed E-state index contributed by atoms with van der Waals surface area (Å²) in [7, 11) is 0. The monoisotopic (exact) mass is 315 g/mol. The van der Waals surface area contributed by atoms with Gasteiger partial charge in [-0.1, -0.05) is 38.1 Å². The molecule has 0 radical (unpaired) electrons. The van der Waals surface area contributed by atoms with Crippen LogP contribution in [0.1, 0.15) is 30.5 Å². The van der Waals surface area contributed by atoms with Crippen LogP contribution in [0.3, 0.4) is 0 Å². The highest BCUT2D eigenvalue weighted by molar-refractivity contribution is 7.98. The maximum Gasteiger partial charge on any atom is 0.123 e. The van der Waals surface area contributed by atoms with Crippen LogP contribution in [0.4, 0.5) is 0 Å². The molecule has 3 rings (SSSR count). The fourth-order valence-corrected chi connectivity index (χ4v) is 4.08. The molecule has 2 aromatic carbocycles. The van der Waals surface area contributed by atoms with Gasteiger partial charge in [-0.2, -0.15) is 0 Å². The van der Waals surface area contributed by atoms with Gasteiger partial charge in [-0.25, -0.2) is 4.98 Å². The molecular formula is C17H17NOS2. The number of hydrogen-bond acceptors (Lipinski definition) is 4. The van der Waals surface area contributed by atoms with Gasteiger partial charge in [-0.15, -0.1) is 23.1 Å². The molecule has 21 heavy (non-hydrogen) atoms. The first-order valence-corrected chi connectivity index (χ1v) is 8.79. The number of nitrogens with zero attached hydrogens (tertiary/aromatic N) is 1. The molecule has 0 bridgehead atoms. The Kier molecular flexibility index (Phi) is 4.17. The highest BCUT2D eigenvalue weighted by atomic mass is 32.2. The zero-order chi connectivity index (χ0) is 14.8. The predicted molar refractivity (Wildman–Crippen MR) is 91.4 cm³/mol. The number of fused-ring (bicyclic) bond motifs is 1. The van der Waals surface area contributed by atoms with Gasteiger partial charge in [-0.3, -0.25) is 0 Å². The van der Waals surface area contributed by atoms with E-state index in [1.165, 1.54) is 9.90 Å². The summed E-state index contributed by atoms with van der Waals surface area (Å²) in [5.74, 6) is 1.69. The van der Waals surface area contributed by atoms with E-state index >= 15 is 0 Å². The second-order valence-corrected chi connectivity index (χ2v) is 7.16. The van der Waals surface area contributed by atoms with E-state index in [2.05, 4.69) is 30.3 Å². The van der Waals surface area contributed by atoms with Crippen molar-refractivity contribution >= 4 is 33.9 Å². The fraction of sp³-hybridized carbons (Fsp3) is 0.235. The maximum atomic E-state index is 9.93. The molecule has 1 heterocycles. The molecule has 4 heteroatoms. The summed E-state index contributed by atoms with van der Waals surface area (Å²) in [4.78, 5) is 5.85. The summed E-state index contributed by atoms with van der Waals surface area (Å²) < 4.78 is 0. The number of phenols is 1. The van der Waals surface area contributed by atoms with Gasteiger partial charge in [0, 0.05) is 27.3 Å². The lowest BCUT2D eigenvalue weighted by Gasteiger charge is -2.07. The molecule has 1 aromatic heterocycles. The van der Waals surface area contributed by atoms with Gasteiger partial charge in [0.1, 0.15) is 5.75 Å².